The van der Waals surface area contributed by atoms with Crippen molar-refractivity contribution in [2.75, 3.05) is 0 Å². The summed E-state index contributed by atoms with van der Waals surface area (Å²) in [5, 5.41) is 9.00. The monoisotopic (exact) mass is 284 g/mol. The number of aliphatic hydroxyl groups excluding tert-OH is 1. The Morgan fingerprint density at radius 1 is 1.10 bits per heavy atom. The molecule has 1 atom stereocenters. The minimum absolute atomic E-state index is 0.00257. The maximum Gasteiger partial charge on any atom is 0.203 e. The first-order valence-corrected chi connectivity index (χ1v) is 6.99. The van der Waals surface area contributed by atoms with E-state index in [9.17, 15) is 4.79 Å². The Morgan fingerprint density at radius 2 is 1.76 bits per heavy atom. The van der Waals surface area contributed by atoms with E-state index >= 15 is 0 Å². The molecule has 0 aliphatic heterocycles. The van der Waals surface area contributed by atoms with Crippen molar-refractivity contribution in [3.05, 3.63) is 64.7 Å². The van der Waals surface area contributed by atoms with Crippen LogP contribution < -0.4 is 4.74 Å². The summed E-state index contributed by atoms with van der Waals surface area (Å²) in [6.07, 6.45) is -0.549. The lowest BCUT2D eigenvalue weighted by atomic mass is 10.0. The van der Waals surface area contributed by atoms with E-state index in [2.05, 4.69) is 0 Å². The van der Waals surface area contributed by atoms with Gasteiger partial charge in [-0.1, -0.05) is 24.3 Å². The Hall–Kier alpha value is -2.13. The molecule has 1 N–H and O–H groups in total. The third-order valence-electron chi connectivity index (χ3n) is 3.58. The van der Waals surface area contributed by atoms with Crippen molar-refractivity contribution in [1.82, 2.24) is 0 Å². The normalized spacial score (nSPS) is 12.0. The Bertz CT molecular complexity index is 629. The van der Waals surface area contributed by atoms with E-state index in [-0.39, 0.29) is 12.4 Å². The molecule has 0 spiro atoms. The summed E-state index contributed by atoms with van der Waals surface area (Å²) in [7, 11) is 0. The molecular formula is C18H20O3. The largest absolute Gasteiger partial charge is 0.483 e. The topological polar surface area (TPSA) is 46.5 Å². The summed E-state index contributed by atoms with van der Waals surface area (Å²) in [6, 6.07) is 12.8. The molecule has 0 aliphatic carbocycles. The minimum atomic E-state index is -0.549. The summed E-state index contributed by atoms with van der Waals surface area (Å²) in [5.74, 6) is 0.584. The number of benzene rings is 2. The second-order valence-electron chi connectivity index (χ2n) is 5.23. The van der Waals surface area contributed by atoms with Gasteiger partial charge in [0.1, 0.15) is 5.75 Å². The molecule has 3 heteroatoms. The van der Waals surface area contributed by atoms with Gasteiger partial charge in [0.2, 0.25) is 5.78 Å². The number of rotatable bonds is 5. The van der Waals surface area contributed by atoms with Crippen LogP contribution in [-0.2, 0) is 6.61 Å². The molecule has 0 aliphatic rings. The van der Waals surface area contributed by atoms with Crippen LogP contribution in [0.25, 0.3) is 0 Å². The van der Waals surface area contributed by atoms with Crippen molar-refractivity contribution in [2.24, 2.45) is 0 Å². The van der Waals surface area contributed by atoms with Crippen molar-refractivity contribution < 1.29 is 14.6 Å². The lowest BCUT2D eigenvalue weighted by Crippen LogP contribution is -2.24. The SMILES string of the molecule is Cc1ccc(C(=O)C(C)Oc2ccc(CO)cc2)cc1C. The molecule has 0 fully saturated rings. The molecule has 0 saturated heterocycles. The van der Waals surface area contributed by atoms with E-state index in [1.165, 1.54) is 5.56 Å². The zero-order valence-corrected chi connectivity index (χ0v) is 12.6. The zero-order valence-electron chi connectivity index (χ0n) is 12.6. The molecule has 0 heterocycles. The molecule has 0 aromatic heterocycles. The van der Waals surface area contributed by atoms with Gasteiger partial charge in [0.05, 0.1) is 6.61 Å². The molecule has 0 bridgehead atoms. The number of hydrogen-bond acceptors (Lipinski definition) is 3. The molecule has 2 aromatic rings. The number of ether oxygens (including phenoxy) is 1. The third kappa shape index (κ3) is 3.70. The van der Waals surface area contributed by atoms with Crippen LogP contribution in [0.15, 0.2) is 42.5 Å². The van der Waals surface area contributed by atoms with Crippen LogP contribution in [0, 0.1) is 13.8 Å². The van der Waals surface area contributed by atoms with Gasteiger partial charge >= 0.3 is 0 Å². The Kier molecular flexibility index (Phi) is 4.76. The van der Waals surface area contributed by atoms with Crippen LogP contribution >= 0.6 is 0 Å². The molecule has 0 radical (unpaired) electrons. The number of aliphatic hydroxyl groups is 1. The average Bonchev–Trinajstić information content (AvgIpc) is 2.50. The van der Waals surface area contributed by atoms with E-state index in [0.29, 0.717) is 11.3 Å². The fourth-order valence-electron chi connectivity index (χ4n) is 2.06. The maximum atomic E-state index is 12.4. The highest BCUT2D eigenvalue weighted by atomic mass is 16.5. The van der Waals surface area contributed by atoms with Crippen LogP contribution in [0.1, 0.15) is 34.0 Å². The second-order valence-corrected chi connectivity index (χ2v) is 5.23. The van der Waals surface area contributed by atoms with Crippen molar-refractivity contribution in [1.29, 1.82) is 0 Å². The number of carbonyl (C=O) groups is 1. The standard InChI is InChI=1S/C18H20O3/c1-12-4-7-16(10-13(12)2)18(20)14(3)21-17-8-5-15(11-19)6-9-17/h4-10,14,19H,11H2,1-3H3. The summed E-state index contributed by atoms with van der Waals surface area (Å²) in [4.78, 5) is 12.4. The molecule has 110 valence electrons. The zero-order chi connectivity index (χ0) is 15.4. The number of Topliss-reactive ketones (excluding diaryl/α,β-unsaturated/α-hetero) is 1. The number of hydrogen-bond donors (Lipinski definition) is 1. The summed E-state index contributed by atoms with van der Waals surface area (Å²) in [6.45, 7) is 5.76. The summed E-state index contributed by atoms with van der Waals surface area (Å²) < 4.78 is 5.67. The summed E-state index contributed by atoms with van der Waals surface area (Å²) >= 11 is 0. The lowest BCUT2D eigenvalue weighted by molar-refractivity contribution is 0.0818. The first kappa shape index (κ1) is 15.3. The predicted octanol–water partition coefficient (Wildman–Crippen LogP) is 3.45. The van der Waals surface area contributed by atoms with Crippen molar-refractivity contribution in [3.63, 3.8) is 0 Å². The van der Waals surface area contributed by atoms with Crippen LogP contribution in [0.4, 0.5) is 0 Å². The quantitative estimate of drug-likeness (QED) is 0.855. The Morgan fingerprint density at radius 3 is 2.33 bits per heavy atom. The molecule has 2 rings (SSSR count). The second kappa shape index (κ2) is 6.55. The van der Waals surface area contributed by atoms with Crippen molar-refractivity contribution in [2.45, 2.75) is 33.5 Å². The first-order chi connectivity index (χ1) is 10.0. The van der Waals surface area contributed by atoms with Crippen LogP contribution in [0.3, 0.4) is 0 Å². The van der Waals surface area contributed by atoms with Gasteiger partial charge in [0, 0.05) is 5.56 Å². The molecule has 2 aromatic carbocycles. The van der Waals surface area contributed by atoms with Crippen molar-refractivity contribution >= 4 is 5.78 Å². The van der Waals surface area contributed by atoms with Crippen molar-refractivity contribution in [3.8, 4) is 5.75 Å². The molecule has 1 unspecified atom stereocenters. The van der Waals surface area contributed by atoms with E-state index in [4.69, 9.17) is 9.84 Å². The van der Waals surface area contributed by atoms with Gasteiger partial charge in [-0.2, -0.15) is 0 Å². The Labute approximate surface area is 125 Å². The van der Waals surface area contributed by atoms with Gasteiger partial charge < -0.3 is 9.84 Å². The maximum absolute atomic E-state index is 12.4. The smallest absolute Gasteiger partial charge is 0.203 e. The molecule has 0 saturated carbocycles. The predicted molar refractivity (Wildman–Crippen MR) is 82.7 cm³/mol. The van der Waals surface area contributed by atoms with Gasteiger partial charge in [-0.25, -0.2) is 0 Å². The first-order valence-electron chi connectivity index (χ1n) is 6.99. The lowest BCUT2D eigenvalue weighted by Gasteiger charge is -2.14. The molecule has 0 amide bonds. The average molecular weight is 284 g/mol. The number of carbonyl (C=O) groups excluding carboxylic acids is 1. The van der Waals surface area contributed by atoms with E-state index in [1.807, 2.05) is 32.0 Å². The molecule has 3 nitrogen and oxygen atoms in total. The Balaban J connectivity index is 2.09. The van der Waals surface area contributed by atoms with Gasteiger partial charge in [0.25, 0.3) is 0 Å². The molecular weight excluding hydrogens is 264 g/mol. The van der Waals surface area contributed by atoms with Gasteiger partial charge in [-0.05, 0) is 55.7 Å². The van der Waals surface area contributed by atoms with Gasteiger partial charge in [-0.15, -0.1) is 0 Å². The number of ketones is 1. The summed E-state index contributed by atoms with van der Waals surface area (Å²) in [5.41, 5.74) is 3.74. The van der Waals surface area contributed by atoms with Crippen LogP contribution in [0.2, 0.25) is 0 Å². The van der Waals surface area contributed by atoms with E-state index in [1.54, 1.807) is 31.2 Å². The molecule has 21 heavy (non-hydrogen) atoms. The highest BCUT2D eigenvalue weighted by molar-refractivity contribution is 5.99. The van der Waals surface area contributed by atoms with Crippen LogP contribution in [0.5, 0.6) is 5.75 Å². The van der Waals surface area contributed by atoms with E-state index in [0.717, 1.165) is 11.1 Å². The van der Waals surface area contributed by atoms with E-state index < -0.39 is 6.10 Å². The third-order valence-corrected chi connectivity index (χ3v) is 3.58. The van der Waals surface area contributed by atoms with Crippen LogP contribution in [-0.4, -0.2) is 17.0 Å². The fourth-order valence-corrected chi connectivity index (χ4v) is 2.06. The number of aryl methyl sites for hydroxylation is 2. The van der Waals surface area contributed by atoms with Gasteiger partial charge in [-0.3, -0.25) is 4.79 Å². The highest BCUT2D eigenvalue weighted by Crippen LogP contribution is 2.17. The highest BCUT2D eigenvalue weighted by Gasteiger charge is 2.17. The fraction of sp³-hybridized carbons (Fsp3) is 0.278. The van der Waals surface area contributed by atoms with Gasteiger partial charge in [0.15, 0.2) is 6.10 Å². The minimum Gasteiger partial charge on any atom is -0.483 e.